The average Bonchev–Trinajstić information content (AvgIpc) is 2.81. The molecule has 0 atom stereocenters. The minimum Gasteiger partial charge on any atom is -0.374 e. The molecule has 0 heterocycles. The molecule has 0 N–H and O–H groups in total. The molecule has 0 spiro atoms. The van der Waals surface area contributed by atoms with E-state index in [2.05, 4.69) is 50.3 Å². The smallest absolute Gasteiger partial charge is 0.0651 e. The molecule has 5 rings (SSSR count). The molecule has 1 nitrogen and oxygen atoms in total. The summed E-state index contributed by atoms with van der Waals surface area (Å²) in [6.07, 6.45) is 24.2. The largest absolute Gasteiger partial charge is 0.374 e. The summed E-state index contributed by atoms with van der Waals surface area (Å²) in [7, 11) is 0. The molecule has 4 saturated carbocycles. The molecule has 0 amide bonds. The molecule has 2 bridgehead atoms. The molecule has 4 fully saturated rings. The van der Waals surface area contributed by atoms with Crippen molar-refractivity contribution in [1.29, 1.82) is 0 Å². The van der Waals surface area contributed by atoms with Crippen molar-refractivity contribution in [3.8, 4) is 0 Å². The van der Waals surface area contributed by atoms with E-state index in [4.69, 9.17) is 4.74 Å². The van der Waals surface area contributed by atoms with E-state index in [1.165, 1.54) is 89.9 Å². The van der Waals surface area contributed by atoms with Crippen molar-refractivity contribution in [2.45, 2.75) is 121 Å². The van der Waals surface area contributed by atoms with Crippen LogP contribution in [-0.4, -0.2) is 12.7 Å². The number of unbranched alkanes of at least 4 members (excludes halogenated alkanes) is 2. The fourth-order valence-corrected chi connectivity index (χ4v) is 6.78. The lowest BCUT2D eigenvalue weighted by Gasteiger charge is -2.54. The molecular formula is C29H44O. The van der Waals surface area contributed by atoms with Crippen LogP contribution in [0.5, 0.6) is 0 Å². The van der Waals surface area contributed by atoms with Crippen molar-refractivity contribution in [2.75, 3.05) is 6.61 Å². The summed E-state index contributed by atoms with van der Waals surface area (Å²) in [6, 6.07) is 9.99. The third-order valence-electron chi connectivity index (χ3n) is 9.04. The van der Waals surface area contributed by atoms with Gasteiger partial charge < -0.3 is 4.74 Å². The SMILES string of the molecule is CC=CCOC1CCC(c2ccc(C34CCC(CCCCC)(CC3)CC4)cc2)CC1. The highest BCUT2D eigenvalue weighted by atomic mass is 16.5. The van der Waals surface area contributed by atoms with E-state index < -0.39 is 0 Å². The highest BCUT2D eigenvalue weighted by Crippen LogP contribution is 2.59. The molecule has 0 saturated heterocycles. The van der Waals surface area contributed by atoms with Gasteiger partial charge in [-0.25, -0.2) is 0 Å². The maximum absolute atomic E-state index is 5.99. The molecule has 0 unspecified atom stereocenters. The Labute approximate surface area is 185 Å². The number of hydrogen-bond donors (Lipinski definition) is 0. The molecule has 1 aromatic rings. The third-order valence-corrected chi connectivity index (χ3v) is 9.04. The quantitative estimate of drug-likeness (QED) is 0.294. The van der Waals surface area contributed by atoms with Crippen LogP contribution < -0.4 is 0 Å². The highest BCUT2D eigenvalue weighted by molar-refractivity contribution is 5.33. The molecule has 4 aliphatic carbocycles. The van der Waals surface area contributed by atoms with Gasteiger partial charge in [0.15, 0.2) is 0 Å². The molecule has 0 radical (unpaired) electrons. The normalized spacial score (nSPS) is 33.9. The van der Waals surface area contributed by atoms with E-state index in [9.17, 15) is 0 Å². The maximum atomic E-state index is 5.99. The topological polar surface area (TPSA) is 9.23 Å². The number of ether oxygens (including phenoxy) is 1. The minimum atomic E-state index is 0.470. The molecule has 30 heavy (non-hydrogen) atoms. The Morgan fingerprint density at radius 1 is 0.900 bits per heavy atom. The van der Waals surface area contributed by atoms with Crippen molar-refractivity contribution < 1.29 is 4.74 Å². The van der Waals surface area contributed by atoms with E-state index in [0.717, 1.165) is 12.5 Å². The summed E-state index contributed by atoms with van der Waals surface area (Å²) in [4.78, 5) is 0. The number of rotatable bonds is 9. The van der Waals surface area contributed by atoms with Crippen molar-refractivity contribution >= 4 is 0 Å². The number of allylic oxidation sites excluding steroid dienone is 1. The molecule has 0 aromatic heterocycles. The summed E-state index contributed by atoms with van der Waals surface area (Å²) >= 11 is 0. The van der Waals surface area contributed by atoms with Crippen molar-refractivity contribution in [3.05, 3.63) is 47.5 Å². The zero-order chi connectivity index (χ0) is 20.9. The monoisotopic (exact) mass is 408 g/mol. The molecule has 1 aromatic carbocycles. The van der Waals surface area contributed by atoms with Gasteiger partial charge in [-0.2, -0.15) is 0 Å². The van der Waals surface area contributed by atoms with Crippen LogP contribution in [-0.2, 0) is 10.2 Å². The van der Waals surface area contributed by atoms with Crippen LogP contribution >= 0.6 is 0 Å². The fraction of sp³-hybridized carbons (Fsp3) is 0.724. The van der Waals surface area contributed by atoms with Crippen LogP contribution in [0.2, 0.25) is 0 Å². The van der Waals surface area contributed by atoms with Crippen LogP contribution in [0.4, 0.5) is 0 Å². The predicted octanol–water partition coefficient (Wildman–Crippen LogP) is 8.48. The Morgan fingerprint density at radius 2 is 1.57 bits per heavy atom. The number of benzene rings is 1. The first-order valence-electron chi connectivity index (χ1n) is 13.0. The lowest BCUT2D eigenvalue weighted by molar-refractivity contribution is 0.0305. The van der Waals surface area contributed by atoms with Crippen molar-refractivity contribution in [2.24, 2.45) is 5.41 Å². The van der Waals surface area contributed by atoms with Gasteiger partial charge in [0.1, 0.15) is 0 Å². The van der Waals surface area contributed by atoms with Crippen molar-refractivity contribution in [1.82, 2.24) is 0 Å². The van der Waals surface area contributed by atoms with Gasteiger partial charge in [-0.3, -0.25) is 0 Å². The Morgan fingerprint density at radius 3 is 2.17 bits per heavy atom. The zero-order valence-corrected chi connectivity index (χ0v) is 19.6. The molecule has 4 aliphatic rings. The summed E-state index contributed by atoms with van der Waals surface area (Å²) in [5, 5.41) is 0. The highest BCUT2D eigenvalue weighted by Gasteiger charge is 2.48. The Kier molecular flexibility index (Phi) is 7.40. The molecule has 1 heteroatoms. The molecule has 0 aliphatic heterocycles. The van der Waals surface area contributed by atoms with Crippen LogP contribution in [0.15, 0.2) is 36.4 Å². The van der Waals surface area contributed by atoms with Gasteiger partial charge in [0.25, 0.3) is 0 Å². The van der Waals surface area contributed by atoms with Gasteiger partial charge in [-0.05, 0) is 105 Å². The third kappa shape index (κ3) is 4.87. The summed E-state index contributed by atoms with van der Waals surface area (Å²) in [5.41, 5.74) is 4.44. The Hall–Kier alpha value is -1.08. The van der Waals surface area contributed by atoms with E-state index in [1.807, 2.05) is 0 Å². The number of hydrogen-bond acceptors (Lipinski definition) is 1. The fourth-order valence-electron chi connectivity index (χ4n) is 6.78. The second kappa shape index (κ2) is 10.0. The van der Waals surface area contributed by atoms with Gasteiger partial charge in [-0.15, -0.1) is 0 Å². The summed E-state index contributed by atoms with van der Waals surface area (Å²) < 4.78 is 5.99. The van der Waals surface area contributed by atoms with Crippen molar-refractivity contribution in [3.63, 3.8) is 0 Å². The first-order chi connectivity index (χ1) is 14.7. The maximum Gasteiger partial charge on any atom is 0.0651 e. The van der Waals surface area contributed by atoms with Gasteiger partial charge in [0.2, 0.25) is 0 Å². The first-order valence-corrected chi connectivity index (χ1v) is 13.0. The van der Waals surface area contributed by atoms with E-state index >= 15 is 0 Å². The molecular weight excluding hydrogens is 364 g/mol. The Balaban J connectivity index is 1.31. The van der Waals surface area contributed by atoms with Crippen LogP contribution in [0.1, 0.15) is 121 Å². The van der Waals surface area contributed by atoms with Crippen LogP contribution in [0.25, 0.3) is 0 Å². The predicted molar refractivity (Wildman–Crippen MR) is 128 cm³/mol. The van der Waals surface area contributed by atoms with Gasteiger partial charge in [0.05, 0.1) is 12.7 Å². The lowest BCUT2D eigenvalue weighted by atomic mass is 9.51. The van der Waals surface area contributed by atoms with Crippen LogP contribution in [0, 0.1) is 5.41 Å². The van der Waals surface area contributed by atoms with Crippen LogP contribution in [0.3, 0.4) is 0 Å². The second-order valence-electron chi connectivity index (χ2n) is 10.7. The minimum absolute atomic E-state index is 0.470. The lowest BCUT2D eigenvalue weighted by Crippen LogP contribution is -2.44. The summed E-state index contributed by atoms with van der Waals surface area (Å²) in [6.45, 7) is 5.18. The Bertz CT molecular complexity index is 652. The first kappa shape index (κ1) is 22.1. The molecule has 166 valence electrons. The average molecular weight is 409 g/mol. The van der Waals surface area contributed by atoms with E-state index in [-0.39, 0.29) is 0 Å². The van der Waals surface area contributed by atoms with E-state index in [1.54, 1.807) is 11.1 Å². The zero-order valence-electron chi connectivity index (χ0n) is 19.6. The van der Waals surface area contributed by atoms with E-state index in [0.29, 0.717) is 16.9 Å². The van der Waals surface area contributed by atoms with Gasteiger partial charge in [-0.1, -0.05) is 62.6 Å². The number of fused-ring (bicyclic) bond motifs is 3. The van der Waals surface area contributed by atoms with Gasteiger partial charge >= 0.3 is 0 Å². The summed E-state index contributed by atoms with van der Waals surface area (Å²) in [5.74, 6) is 0.738. The van der Waals surface area contributed by atoms with Gasteiger partial charge in [0, 0.05) is 0 Å². The second-order valence-corrected chi connectivity index (χ2v) is 10.7. The standard InChI is InChI=1S/C29H44O/c1-3-5-7-16-28-17-20-29(21-18-28,22-19-28)26-12-8-24(9-13-26)25-10-14-27(15-11-25)30-23-6-4-2/h4,6,8-9,12-13,25,27H,3,5,7,10-11,14-23H2,1-2H3.